The van der Waals surface area contributed by atoms with Crippen LogP contribution in [0, 0.1) is 0 Å². The Morgan fingerprint density at radius 3 is 2.59 bits per heavy atom. The van der Waals surface area contributed by atoms with Crippen molar-refractivity contribution in [3.8, 4) is 0 Å². The summed E-state index contributed by atoms with van der Waals surface area (Å²) < 4.78 is 0.950. The van der Waals surface area contributed by atoms with E-state index in [9.17, 15) is 0 Å². The van der Waals surface area contributed by atoms with Gasteiger partial charge in [0, 0.05) is 11.9 Å². The second-order valence-corrected chi connectivity index (χ2v) is 4.55. The molecule has 17 heavy (non-hydrogen) atoms. The van der Waals surface area contributed by atoms with Gasteiger partial charge in [-0.05, 0) is 58.7 Å². The summed E-state index contributed by atoms with van der Waals surface area (Å²) >= 11 is 3.45. The van der Waals surface area contributed by atoms with Crippen molar-refractivity contribution >= 4 is 27.4 Å². The van der Waals surface area contributed by atoms with Gasteiger partial charge in [0.15, 0.2) is 0 Å². The van der Waals surface area contributed by atoms with E-state index >= 15 is 0 Å². The fourth-order valence-corrected chi connectivity index (χ4v) is 1.89. The molecule has 0 amide bonds. The number of aromatic nitrogens is 1. The van der Waals surface area contributed by atoms with Gasteiger partial charge in [-0.3, -0.25) is 0 Å². The van der Waals surface area contributed by atoms with Crippen LogP contribution < -0.4 is 11.1 Å². The summed E-state index contributed by atoms with van der Waals surface area (Å²) in [7, 11) is 0. The van der Waals surface area contributed by atoms with Crippen LogP contribution in [-0.2, 0) is 6.42 Å². The summed E-state index contributed by atoms with van der Waals surface area (Å²) in [5.74, 6) is 0.819. The van der Waals surface area contributed by atoms with Gasteiger partial charge in [0.2, 0.25) is 0 Å². The average molecular weight is 292 g/mol. The van der Waals surface area contributed by atoms with E-state index in [0.29, 0.717) is 6.54 Å². The summed E-state index contributed by atoms with van der Waals surface area (Å²) in [6.07, 6.45) is 2.67. The lowest BCUT2D eigenvalue weighted by molar-refractivity contribution is 0.969. The minimum atomic E-state index is 0.679. The molecule has 2 aromatic rings. The van der Waals surface area contributed by atoms with E-state index in [-0.39, 0.29) is 0 Å². The number of nitrogens with two attached hydrogens (primary N) is 1. The number of pyridine rings is 1. The molecule has 0 radical (unpaired) electrons. The van der Waals surface area contributed by atoms with E-state index in [2.05, 4.69) is 38.4 Å². The van der Waals surface area contributed by atoms with Crippen LogP contribution in [0.15, 0.2) is 47.1 Å². The van der Waals surface area contributed by atoms with Gasteiger partial charge in [-0.1, -0.05) is 12.1 Å². The first-order valence-electron chi connectivity index (χ1n) is 5.46. The summed E-state index contributed by atoms with van der Waals surface area (Å²) in [6, 6.07) is 12.1. The highest BCUT2D eigenvalue weighted by atomic mass is 79.9. The lowest BCUT2D eigenvalue weighted by atomic mass is 10.1. The molecule has 0 aliphatic heterocycles. The fourth-order valence-electron chi connectivity index (χ4n) is 1.54. The predicted octanol–water partition coefficient (Wildman–Crippen LogP) is 3.09. The SMILES string of the molecule is NCCc1ccc(Nc2ncccc2Br)cc1. The van der Waals surface area contributed by atoms with Crippen LogP contribution in [0.5, 0.6) is 0 Å². The Labute approximate surface area is 109 Å². The molecule has 0 saturated heterocycles. The Kier molecular flexibility index (Phi) is 4.12. The van der Waals surface area contributed by atoms with Crippen LogP contribution in [0.1, 0.15) is 5.56 Å². The van der Waals surface area contributed by atoms with E-state index in [1.54, 1.807) is 6.20 Å². The van der Waals surface area contributed by atoms with E-state index in [1.807, 2.05) is 24.3 Å². The maximum absolute atomic E-state index is 5.51. The van der Waals surface area contributed by atoms with Crippen molar-refractivity contribution < 1.29 is 0 Å². The molecule has 0 bridgehead atoms. The van der Waals surface area contributed by atoms with E-state index in [0.717, 1.165) is 22.4 Å². The number of halogens is 1. The topological polar surface area (TPSA) is 50.9 Å². The monoisotopic (exact) mass is 291 g/mol. The molecule has 4 heteroatoms. The van der Waals surface area contributed by atoms with Gasteiger partial charge in [0.25, 0.3) is 0 Å². The number of hydrogen-bond donors (Lipinski definition) is 2. The summed E-state index contributed by atoms with van der Waals surface area (Å²) in [6.45, 7) is 0.679. The first-order chi connectivity index (χ1) is 8.29. The van der Waals surface area contributed by atoms with Crippen LogP contribution in [0.3, 0.4) is 0 Å². The zero-order valence-corrected chi connectivity index (χ0v) is 10.9. The van der Waals surface area contributed by atoms with Crippen molar-refractivity contribution in [3.05, 3.63) is 52.6 Å². The molecule has 88 valence electrons. The molecule has 1 heterocycles. The second kappa shape index (κ2) is 5.80. The zero-order valence-electron chi connectivity index (χ0n) is 9.36. The number of anilines is 2. The van der Waals surface area contributed by atoms with Crippen molar-refractivity contribution in [2.24, 2.45) is 5.73 Å². The van der Waals surface area contributed by atoms with Crippen LogP contribution in [0.4, 0.5) is 11.5 Å². The van der Waals surface area contributed by atoms with Gasteiger partial charge in [-0.15, -0.1) is 0 Å². The Morgan fingerprint density at radius 1 is 1.18 bits per heavy atom. The second-order valence-electron chi connectivity index (χ2n) is 3.69. The minimum absolute atomic E-state index is 0.679. The van der Waals surface area contributed by atoms with Crippen molar-refractivity contribution in [2.75, 3.05) is 11.9 Å². The molecule has 0 saturated carbocycles. The smallest absolute Gasteiger partial charge is 0.144 e. The number of nitrogens with zero attached hydrogens (tertiary/aromatic N) is 1. The van der Waals surface area contributed by atoms with Crippen molar-refractivity contribution in [2.45, 2.75) is 6.42 Å². The molecule has 2 rings (SSSR count). The molecule has 3 nitrogen and oxygen atoms in total. The van der Waals surface area contributed by atoms with Crippen LogP contribution in [0.2, 0.25) is 0 Å². The van der Waals surface area contributed by atoms with Gasteiger partial charge in [-0.25, -0.2) is 4.98 Å². The van der Waals surface area contributed by atoms with Gasteiger partial charge < -0.3 is 11.1 Å². The number of rotatable bonds is 4. The number of nitrogens with one attached hydrogen (secondary N) is 1. The number of hydrogen-bond acceptors (Lipinski definition) is 3. The van der Waals surface area contributed by atoms with Crippen molar-refractivity contribution in [1.29, 1.82) is 0 Å². The van der Waals surface area contributed by atoms with Crippen LogP contribution >= 0.6 is 15.9 Å². The molecular weight excluding hydrogens is 278 g/mol. The van der Waals surface area contributed by atoms with Crippen molar-refractivity contribution in [3.63, 3.8) is 0 Å². The Balaban J connectivity index is 2.11. The largest absolute Gasteiger partial charge is 0.339 e. The van der Waals surface area contributed by atoms with Gasteiger partial charge in [0.1, 0.15) is 5.82 Å². The highest BCUT2D eigenvalue weighted by Gasteiger charge is 2.00. The predicted molar refractivity (Wildman–Crippen MR) is 74.4 cm³/mol. The lowest BCUT2D eigenvalue weighted by Crippen LogP contribution is -2.02. The third-order valence-corrected chi connectivity index (χ3v) is 3.05. The third kappa shape index (κ3) is 3.28. The fraction of sp³-hybridized carbons (Fsp3) is 0.154. The molecule has 3 N–H and O–H groups in total. The summed E-state index contributed by atoms with van der Waals surface area (Å²) in [5, 5.41) is 3.25. The molecule has 0 spiro atoms. The van der Waals surface area contributed by atoms with Crippen LogP contribution in [0.25, 0.3) is 0 Å². The van der Waals surface area contributed by atoms with E-state index in [1.165, 1.54) is 5.56 Å². The normalized spacial score (nSPS) is 10.2. The maximum atomic E-state index is 5.51. The Morgan fingerprint density at radius 2 is 1.94 bits per heavy atom. The lowest BCUT2D eigenvalue weighted by Gasteiger charge is -2.07. The average Bonchev–Trinajstić information content (AvgIpc) is 2.35. The zero-order chi connectivity index (χ0) is 12.1. The highest BCUT2D eigenvalue weighted by molar-refractivity contribution is 9.10. The molecule has 0 unspecified atom stereocenters. The van der Waals surface area contributed by atoms with E-state index < -0.39 is 0 Å². The van der Waals surface area contributed by atoms with Gasteiger partial charge in [0.05, 0.1) is 4.47 Å². The molecular formula is C13H14BrN3. The molecule has 0 aliphatic carbocycles. The minimum Gasteiger partial charge on any atom is -0.339 e. The maximum Gasteiger partial charge on any atom is 0.144 e. The first kappa shape index (κ1) is 12.1. The van der Waals surface area contributed by atoms with Gasteiger partial charge in [-0.2, -0.15) is 0 Å². The Bertz CT molecular complexity index is 482. The Hall–Kier alpha value is -1.39. The standard InChI is InChI=1S/C13H14BrN3/c14-12-2-1-9-16-13(12)17-11-5-3-10(4-6-11)7-8-15/h1-6,9H,7-8,15H2,(H,16,17). The summed E-state index contributed by atoms with van der Waals surface area (Å²) in [4.78, 5) is 4.25. The molecule has 0 fully saturated rings. The van der Waals surface area contributed by atoms with E-state index in [4.69, 9.17) is 5.73 Å². The third-order valence-electron chi connectivity index (χ3n) is 2.41. The summed E-state index contributed by atoms with van der Waals surface area (Å²) in [5.41, 5.74) is 7.78. The highest BCUT2D eigenvalue weighted by Crippen LogP contribution is 2.22. The molecule has 1 aromatic heterocycles. The molecule has 1 aromatic carbocycles. The van der Waals surface area contributed by atoms with Crippen molar-refractivity contribution in [1.82, 2.24) is 4.98 Å². The quantitative estimate of drug-likeness (QED) is 0.910. The van der Waals surface area contributed by atoms with Crippen LogP contribution in [-0.4, -0.2) is 11.5 Å². The first-order valence-corrected chi connectivity index (χ1v) is 6.25. The number of benzene rings is 1. The molecule has 0 aliphatic rings. The van der Waals surface area contributed by atoms with Gasteiger partial charge >= 0.3 is 0 Å². The molecule has 0 atom stereocenters.